The van der Waals surface area contributed by atoms with Gasteiger partial charge in [0.25, 0.3) is 5.91 Å². The van der Waals surface area contributed by atoms with Crippen LogP contribution >= 0.6 is 0 Å². The van der Waals surface area contributed by atoms with Crippen molar-refractivity contribution < 1.29 is 14.7 Å². The summed E-state index contributed by atoms with van der Waals surface area (Å²) in [6, 6.07) is 0. The van der Waals surface area contributed by atoms with Gasteiger partial charge in [-0.3, -0.25) is 14.6 Å². The maximum atomic E-state index is 12.1. The molecule has 19 heavy (non-hydrogen) atoms. The minimum absolute atomic E-state index is 0.0427. The van der Waals surface area contributed by atoms with Crippen LogP contribution in [0.3, 0.4) is 0 Å². The lowest BCUT2D eigenvalue weighted by atomic mass is 9.79. The zero-order valence-corrected chi connectivity index (χ0v) is 10.6. The number of carboxylic acid groups (broad SMARTS) is 1. The lowest BCUT2D eigenvalue weighted by molar-refractivity contribution is -0.139. The topological polar surface area (TPSA) is 92.2 Å². The quantitative estimate of drug-likeness (QED) is 0.856. The Labute approximate surface area is 111 Å². The number of hydrogen-bond acceptors (Lipinski definition) is 4. The van der Waals surface area contributed by atoms with E-state index in [2.05, 4.69) is 15.3 Å². The molecule has 0 radical (unpaired) electrons. The number of rotatable bonds is 4. The molecule has 0 aliphatic heterocycles. The molecule has 1 aromatic heterocycles. The highest BCUT2D eigenvalue weighted by atomic mass is 16.4. The molecule has 6 nitrogen and oxygen atoms in total. The molecule has 0 aromatic carbocycles. The Morgan fingerprint density at radius 3 is 2.58 bits per heavy atom. The summed E-state index contributed by atoms with van der Waals surface area (Å²) >= 11 is 0. The lowest BCUT2D eigenvalue weighted by Gasteiger charge is -2.36. The van der Waals surface area contributed by atoms with E-state index in [4.69, 9.17) is 5.11 Å². The molecule has 1 fully saturated rings. The van der Waals surface area contributed by atoms with Gasteiger partial charge in [-0.25, -0.2) is 4.98 Å². The van der Waals surface area contributed by atoms with Gasteiger partial charge < -0.3 is 10.4 Å². The monoisotopic (exact) mass is 263 g/mol. The fourth-order valence-electron chi connectivity index (χ4n) is 2.59. The van der Waals surface area contributed by atoms with Crippen molar-refractivity contribution in [2.45, 2.75) is 44.1 Å². The molecule has 1 aliphatic rings. The Kier molecular flexibility index (Phi) is 4.09. The minimum Gasteiger partial charge on any atom is -0.481 e. The van der Waals surface area contributed by atoms with E-state index < -0.39 is 11.5 Å². The molecule has 0 saturated heterocycles. The van der Waals surface area contributed by atoms with Crippen molar-refractivity contribution in [1.29, 1.82) is 0 Å². The smallest absolute Gasteiger partial charge is 0.305 e. The van der Waals surface area contributed by atoms with Gasteiger partial charge in [0.2, 0.25) is 0 Å². The molecule has 102 valence electrons. The first-order chi connectivity index (χ1) is 9.11. The van der Waals surface area contributed by atoms with Crippen LogP contribution in [0.2, 0.25) is 0 Å². The minimum atomic E-state index is -0.888. The Morgan fingerprint density at radius 2 is 2.00 bits per heavy atom. The number of aliphatic carboxylic acids is 1. The van der Waals surface area contributed by atoms with Gasteiger partial charge in [0.1, 0.15) is 5.69 Å². The maximum Gasteiger partial charge on any atom is 0.305 e. The van der Waals surface area contributed by atoms with E-state index >= 15 is 0 Å². The van der Waals surface area contributed by atoms with Crippen molar-refractivity contribution in [3.8, 4) is 0 Å². The largest absolute Gasteiger partial charge is 0.481 e. The van der Waals surface area contributed by atoms with Gasteiger partial charge in [-0.05, 0) is 12.8 Å². The average Bonchev–Trinajstić information content (AvgIpc) is 2.39. The number of hydrogen-bond donors (Lipinski definition) is 2. The van der Waals surface area contributed by atoms with Gasteiger partial charge >= 0.3 is 5.97 Å². The predicted octanol–water partition coefficient (Wildman–Crippen LogP) is 1.38. The normalized spacial score (nSPS) is 17.7. The van der Waals surface area contributed by atoms with Gasteiger partial charge in [-0.15, -0.1) is 0 Å². The second-order valence-electron chi connectivity index (χ2n) is 4.96. The van der Waals surface area contributed by atoms with Crippen LogP contribution in [-0.2, 0) is 4.79 Å². The molecule has 1 aliphatic carbocycles. The fraction of sp³-hybridized carbons (Fsp3) is 0.538. The van der Waals surface area contributed by atoms with Crippen LogP contribution in [0.1, 0.15) is 49.0 Å². The first kappa shape index (κ1) is 13.5. The van der Waals surface area contributed by atoms with Crippen LogP contribution in [-0.4, -0.2) is 32.5 Å². The number of carboxylic acids is 1. The van der Waals surface area contributed by atoms with Gasteiger partial charge in [-0.2, -0.15) is 0 Å². The molecule has 0 atom stereocenters. The van der Waals surface area contributed by atoms with Gasteiger partial charge in [-0.1, -0.05) is 19.3 Å². The van der Waals surface area contributed by atoms with E-state index in [1.807, 2.05) is 0 Å². The van der Waals surface area contributed by atoms with E-state index in [0.29, 0.717) is 12.8 Å². The molecule has 2 N–H and O–H groups in total. The summed E-state index contributed by atoms with van der Waals surface area (Å²) in [4.78, 5) is 30.9. The van der Waals surface area contributed by atoms with Crippen molar-refractivity contribution in [3.63, 3.8) is 0 Å². The number of amides is 1. The number of carbonyl (C=O) groups is 2. The zero-order valence-electron chi connectivity index (χ0n) is 10.6. The third-order valence-corrected chi connectivity index (χ3v) is 3.47. The summed E-state index contributed by atoms with van der Waals surface area (Å²) in [6.07, 6.45) is 8.64. The van der Waals surface area contributed by atoms with Crippen LogP contribution in [0, 0.1) is 0 Å². The van der Waals surface area contributed by atoms with E-state index in [-0.39, 0.29) is 18.0 Å². The maximum absolute atomic E-state index is 12.1. The molecule has 0 unspecified atom stereocenters. The van der Waals surface area contributed by atoms with Crippen molar-refractivity contribution in [1.82, 2.24) is 15.3 Å². The highest BCUT2D eigenvalue weighted by Crippen LogP contribution is 2.31. The predicted molar refractivity (Wildman–Crippen MR) is 67.6 cm³/mol. The van der Waals surface area contributed by atoms with Gasteiger partial charge in [0.05, 0.1) is 18.2 Å². The van der Waals surface area contributed by atoms with Crippen molar-refractivity contribution in [3.05, 3.63) is 24.3 Å². The highest BCUT2D eigenvalue weighted by Gasteiger charge is 2.36. The molecule has 2 rings (SSSR count). The fourth-order valence-corrected chi connectivity index (χ4v) is 2.59. The molecule has 1 aromatic rings. The van der Waals surface area contributed by atoms with E-state index in [1.165, 1.54) is 18.6 Å². The lowest BCUT2D eigenvalue weighted by Crippen LogP contribution is -2.51. The summed E-state index contributed by atoms with van der Waals surface area (Å²) in [7, 11) is 0. The van der Waals surface area contributed by atoms with Gasteiger partial charge in [0.15, 0.2) is 0 Å². The average molecular weight is 263 g/mol. The van der Waals surface area contributed by atoms with E-state index in [9.17, 15) is 9.59 Å². The van der Waals surface area contributed by atoms with E-state index in [1.54, 1.807) is 0 Å². The molecular weight excluding hydrogens is 246 g/mol. The number of nitrogens with zero attached hydrogens (tertiary/aromatic N) is 2. The Bertz CT molecular complexity index is 455. The van der Waals surface area contributed by atoms with Crippen molar-refractivity contribution in [2.24, 2.45) is 0 Å². The second-order valence-corrected chi connectivity index (χ2v) is 4.96. The number of carbonyl (C=O) groups excluding carboxylic acids is 1. The second kappa shape index (κ2) is 5.77. The van der Waals surface area contributed by atoms with Gasteiger partial charge in [0, 0.05) is 12.4 Å². The molecule has 6 heteroatoms. The van der Waals surface area contributed by atoms with Crippen LogP contribution in [0.4, 0.5) is 0 Å². The number of nitrogens with one attached hydrogen (secondary N) is 1. The zero-order chi connectivity index (χ0) is 13.7. The summed E-state index contributed by atoms with van der Waals surface area (Å²) in [5.74, 6) is -1.24. The molecule has 1 saturated carbocycles. The highest BCUT2D eigenvalue weighted by molar-refractivity contribution is 5.92. The summed E-state index contributed by atoms with van der Waals surface area (Å²) < 4.78 is 0. The van der Waals surface area contributed by atoms with Crippen molar-refractivity contribution in [2.75, 3.05) is 0 Å². The van der Waals surface area contributed by atoms with Crippen LogP contribution in [0.25, 0.3) is 0 Å². The molecule has 1 amide bonds. The Morgan fingerprint density at radius 1 is 1.26 bits per heavy atom. The molecular formula is C13H17N3O3. The summed E-state index contributed by atoms with van der Waals surface area (Å²) in [6.45, 7) is 0. The number of aromatic nitrogens is 2. The third kappa shape index (κ3) is 3.49. The van der Waals surface area contributed by atoms with Crippen LogP contribution < -0.4 is 5.32 Å². The van der Waals surface area contributed by atoms with E-state index in [0.717, 1.165) is 19.3 Å². The molecule has 0 spiro atoms. The standard InChI is InChI=1S/C13H17N3O3/c17-11(18)8-13(4-2-1-3-5-13)16-12(19)10-9-14-6-7-15-10/h6-7,9H,1-5,8H2,(H,16,19)(H,17,18). The van der Waals surface area contributed by atoms with Crippen LogP contribution in [0.5, 0.6) is 0 Å². The summed E-state index contributed by atoms with van der Waals surface area (Å²) in [5.41, 5.74) is -0.420. The first-order valence-electron chi connectivity index (χ1n) is 6.42. The third-order valence-electron chi connectivity index (χ3n) is 3.47. The Balaban J connectivity index is 2.11. The summed E-state index contributed by atoms with van der Waals surface area (Å²) in [5, 5.41) is 11.9. The SMILES string of the molecule is O=C(O)CC1(NC(=O)c2cnccn2)CCCCC1. The molecule has 0 bridgehead atoms. The van der Waals surface area contributed by atoms with Crippen LogP contribution in [0.15, 0.2) is 18.6 Å². The molecule has 1 heterocycles. The Hall–Kier alpha value is -1.98. The van der Waals surface area contributed by atoms with Crippen molar-refractivity contribution >= 4 is 11.9 Å². The first-order valence-corrected chi connectivity index (χ1v) is 6.42.